The zero-order valence-electron chi connectivity index (χ0n) is 17.5. The Hall–Kier alpha value is -4.18. The number of rotatable bonds is 5. The van der Waals surface area contributed by atoms with Crippen LogP contribution in [0.5, 0.6) is 0 Å². The van der Waals surface area contributed by atoms with Crippen molar-refractivity contribution in [2.24, 2.45) is 0 Å². The second kappa shape index (κ2) is 7.92. The predicted molar refractivity (Wildman–Crippen MR) is 120 cm³/mol. The molecule has 154 valence electrons. The first-order valence-electron chi connectivity index (χ1n) is 9.84. The number of non-ortho nitro benzene ring substituents is 1. The fourth-order valence-electron chi connectivity index (χ4n) is 3.88. The first kappa shape index (κ1) is 20.1. The Bertz CT molecular complexity index is 1380. The smallest absolute Gasteiger partial charge is 0.271 e. The molecular formula is C24H21N5O2. The highest BCUT2D eigenvalue weighted by molar-refractivity contribution is 5.75. The molecule has 7 nitrogen and oxygen atoms in total. The molecule has 0 amide bonds. The van der Waals surface area contributed by atoms with Crippen molar-refractivity contribution in [3.05, 3.63) is 93.1 Å². The summed E-state index contributed by atoms with van der Waals surface area (Å²) in [5.74, 6) is 0. The second-order valence-electron chi connectivity index (χ2n) is 7.53. The third-order valence-electron chi connectivity index (χ3n) is 5.46. The third kappa shape index (κ3) is 3.71. The molecule has 0 aliphatic carbocycles. The summed E-state index contributed by atoms with van der Waals surface area (Å²) in [6.45, 7) is 6.26. The maximum atomic E-state index is 11.2. The van der Waals surface area contributed by atoms with Crippen LogP contribution in [-0.4, -0.2) is 19.0 Å². The molecule has 31 heavy (non-hydrogen) atoms. The summed E-state index contributed by atoms with van der Waals surface area (Å²) in [5.41, 5.74) is 6.98. The standard InChI is InChI=1S/C24H21N5O2/c1-16-8-9-21(29(30)31)12-24(16)28-17(2)10-20(18(28)3)11-19(13-25)14-27-15-26-22-6-4-5-7-23(22)27/h4-12,15H,14H2,1-3H3/b19-11-. The molecule has 0 saturated heterocycles. The number of aromatic nitrogens is 3. The fraction of sp³-hybridized carbons (Fsp3) is 0.167. The Kier molecular flexibility index (Phi) is 5.14. The minimum Gasteiger partial charge on any atom is -0.325 e. The average Bonchev–Trinajstić information content (AvgIpc) is 3.28. The molecule has 0 fully saturated rings. The van der Waals surface area contributed by atoms with E-state index in [0.29, 0.717) is 12.1 Å². The van der Waals surface area contributed by atoms with E-state index in [-0.39, 0.29) is 10.6 Å². The van der Waals surface area contributed by atoms with Gasteiger partial charge in [-0.15, -0.1) is 0 Å². The molecule has 0 N–H and O–H groups in total. The number of nitrogens with zero attached hydrogens (tertiary/aromatic N) is 5. The largest absolute Gasteiger partial charge is 0.325 e. The van der Waals surface area contributed by atoms with Crippen molar-refractivity contribution in [2.75, 3.05) is 0 Å². The lowest BCUT2D eigenvalue weighted by atomic mass is 10.1. The predicted octanol–water partition coefficient (Wildman–Crippen LogP) is 5.27. The van der Waals surface area contributed by atoms with E-state index in [4.69, 9.17) is 0 Å². The van der Waals surface area contributed by atoms with E-state index in [0.717, 1.165) is 39.2 Å². The Morgan fingerprint density at radius 1 is 1.19 bits per heavy atom. The van der Waals surface area contributed by atoms with E-state index in [1.807, 2.05) is 66.3 Å². The van der Waals surface area contributed by atoms with Gasteiger partial charge in [-0.25, -0.2) is 4.98 Å². The van der Waals surface area contributed by atoms with Crippen LogP contribution < -0.4 is 0 Å². The van der Waals surface area contributed by atoms with E-state index < -0.39 is 0 Å². The highest BCUT2D eigenvalue weighted by Crippen LogP contribution is 2.28. The number of nitro groups is 1. The highest BCUT2D eigenvalue weighted by Gasteiger charge is 2.16. The lowest BCUT2D eigenvalue weighted by molar-refractivity contribution is -0.384. The number of hydrogen-bond donors (Lipinski definition) is 0. The average molecular weight is 411 g/mol. The summed E-state index contributed by atoms with van der Waals surface area (Å²) in [6, 6.07) is 17.0. The van der Waals surface area contributed by atoms with Gasteiger partial charge in [0.2, 0.25) is 0 Å². The van der Waals surface area contributed by atoms with Crippen molar-refractivity contribution in [3.63, 3.8) is 0 Å². The number of imidazole rings is 1. The van der Waals surface area contributed by atoms with Crippen LogP contribution in [0.2, 0.25) is 0 Å². The number of nitro benzene ring substituents is 1. The topological polar surface area (TPSA) is 89.7 Å². The maximum Gasteiger partial charge on any atom is 0.271 e. The van der Waals surface area contributed by atoms with Crippen LogP contribution in [0.3, 0.4) is 0 Å². The van der Waals surface area contributed by atoms with Crippen LogP contribution >= 0.6 is 0 Å². The van der Waals surface area contributed by atoms with Crippen molar-refractivity contribution in [1.82, 2.24) is 14.1 Å². The first-order valence-corrected chi connectivity index (χ1v) is 9.84. The molecule has 0 atom stereocenters. The molecular weight excluding hydrogens is 390 g/mol. The Balaban J connectivity index is 1.74. The second-order valence-corrected chi connectivity index (χ2v) is 7.53. The first-order chi connectivity index (χ1) is 14.9. The Labute approximate surface area is 179 Å². The zero-order chi connectivity index (χ0) is 22.1. The monoisotopic (exact) mass is 411 g/mol. The summed E-state index contributed by atoms with van der Waals surface area (Å²) in [5, 5.41) is 21.0. The van der Waals surface area contributed by atoms with Gasteiger partial charge in [0.25, 0.3) is 5.69 Å². The molecule has 2 heterocycles. The van der Waals surface area contributed by atoms with Gasteiger partial charge < -0.3 is 9.13 Å². The molecule has 0 aliphatic rings. The van der Waals surface area contributed by atoms with Crippen LogP contribution in [0, 0.1) is 42.2 Å². The van der Waals surface area contributed by atoms with Gasteiger partial charge in [-0.1, -0.05) is 18.2 Å². The summed E-state index contributed by atoms with van der Waals surface area (Å²) < 4.78 is 3.95. The van der Waals surface area contributed by atoms with Crippen molar-refractivity contribution >= 4 is 22.8 Å². The van der Waals surface area contributed by atoms with Gasteiger partial charge in [0.1, 0.15) is 0 Å². The maximum absolute atomic E-state index is 11.2. The summed E-state index contributed by atoms with van der Waals surface area (Å²) in [6.07, 6.45) is 3.62. The molecule has 0 bridgehead atoms. The van der Waals surface area contributed by atoms with Gasteiger partial charge in [-0.05, 0) is 56.2 Å². The van der Waals surface area contributed by atoms with Crippen molar-refractivity contribution < 1.29 is 4.92 Å². The molecule has 4 rings (SSSR count). The Morgan fingerprint density at radius 2 is 1.97 bits per heavy atom. The molecule has 0 spiro atoms. The van der Waals surface area contributed by atoms with Crippen LogP contribution in [0.4, 0.5) is 5.69 Å². The van der Waals surface area contributed by atoms with Crippen molar-refractivity contribution in [3.8, 4) is 11.8 Å². The summed E-state index contributed by atoms with van der Waals surface area (Å²) in [7, 11) is 0. The number of benzene rings is 2. The number of aryl methyl sites for hydroxylation is 2. The number of para-hydroxylation sites is 2. The third-order valence-corrected chi connectivity index (χ3v) is 5.46. The molecule has 0 radical (unpaired) electrons. The summed E-state index contributed by atoms with van der Waals surface area (Å²) >= 11 is 0. The van der Waals surface area contributed by atoms with Crippen LogP contribution in [-0.2, 0) is 6.54 Å². The van der Waals surface area contributed by atoms with E-state index in [2.05, 4.69) is 11.1 Å². The van der Waals surface area contributed by atoms with Crippen molar-refractivity contribution in [2.45, 2.75) is 27.3 Å². The number of nitriles is 1. The number of fused-ring (bicyclic) bond motifs is 1. The molecule has 4 aromatic rings. The normalized spacial score (nSPS) is 11.6. The molecule has 7 heteroatoms. The number of allylic oxidation sites excluding steroid dienone is 1. The van der Waals surface area contributed by atoms with Gasteiger partial charge in [0.15, 0.2) is 0 Å². The quantitative estimate of drug-likeness (QED) is 0.254. The lowest BCUT2D eigenvalue weighted by Crippen LogP contribution is -2.03. The number of hydrogen-bond acceptors (Lipinski definition) is 4. The van der Waals surface area contributed by atoms with E-state index in [9.17, 15) is 15.4 Å². The fourth-order valence-corrected chi connectivity index (χ4v) is 3.88. The molecule has 2 aromatic carbocycles. The Morgan fingerprint density at radius 3 is 2.71 bits per heavy atom. The molecule has 2 aromatic heterocycles. The van der Waals surface area contributed by atoms with Crippen LogP contribution in [0.25, 0.3) is 22.8 Å². The van der Waals surface area contributed by atoms with E-state index in [1.54, 1.807) is 18.5 Å². The van der Waals surface area contributed by atoms with Gasteiger partial charge in [0, 0.05) is 29.1 Å². The van der Waals surface area contributed by atoms with Gasteiger partial charge >= 0.3 is 0 Å². The van der Waals surface area contributed by atoms with E-state index in [1.165, 1.54) is 6.07 Å². The van der Waals surface area contributed by atoms with Gasteiger partial charge in [-0.2, -0.15) is 5.26 Å². The minimum absolute atomic E-state index is 0.0508. The van der Waals surface area contributed by atoms with Gasteiger partial charge in [-0.3, -0.25) is 10.1 Å². The molecule has 0 saturated carbocycles. The van der Waals surface area contributed by atoms with Gasteiger partial charge in [0.05, 0.1) is 40.6 Å². The van der Waals surface area contributed by atoms with Crippen molar-refractivity contribution in [1.29, 1.82) is 5.26 Å². The summed E-state index contributed by atoms with van der Waals surface area (Å²) in [4.78, 5) is 15.2. The highest BCUT2D eigenvalue weighted by atomic mass is 16.6. The zero-order valence-corrected chi connectivity index (χ0v) is 17.5. The molecule has 0 aliphatic heterocycles. The minimum atomic E-state index is -0.388. The van der Waals surface area contributed by atoms with Crippen LogP contribution in [0.15, 0.2) is 60.4 Å². The van der Waals surface area contributed by atoms with E-state index >= 15 is 0 Å². The SMILES string of the molecule is Cc1ccc([N+](=O)[O-])cc1-n1c(C)cc(/C=C(/C#N)Cn2cnc3ccccc32)c1C. The van der Waals surface area contributed by atoms with Crippen LogP contribution in [0.1, 0.15) is 22.5 Å². The molecule has 0 unspecified atom stereocenters. The lowest BCUT2D eigenvalue weighted by Gasteiger charge is -2.12.